The fourth-order valence-electron chi connectivity index (χ4n) is 4.59. The highest BCUT2D eigenvalue weighted by Gasteiger charge is 2.27. The number of hydrogen-bond acceptors (Lipinski definition) is 6. The molecule has 5 rings (SSSR count). The van der Waals surface area contributed by atoms with Crippen molar-refractivity contribution in [1.29, 1.82) is 0 Å². The minimum Gasteiger partial charge on any atom is -0.497 e. The molecule has 3 aromatic carbocycles. The SMILES string of the molecule is COc1cccc(N2CCN(C(=O)c3cn(-c4ccccc4)nc3-c3ccc(OC)c(OC)c3)CC2)c1. The van der Waals surface area contributed by atoms with Crippen LogP contribution in [0.2, 0.25) is 0 Å². The minimum absolute atomic E-state index is 0.0442. The molecule has 1 aliphatic rings. The maximum atomic E-state index is 13.8. The van der Waals surface area contributed by atoms with Crippen molar-refractivity contribution in [2.24, 2.45) is 0 Å². The maximum absolute atomic E-state index is 13.8. The highest BCUT2D eigenvalue weighted by Crippen LogP contribution is 2.34. The third-order valence-electron chi connectivity index (χ3n) is 6.61. The van der Waals surface area contributed by atoms with E-state index >= 15 is 0 Å². The Balaban J connectivity index is 1.44. The Labute approximate surface area is 216 Å². The van der Waals surface area contributed by atoms with Crippen molar-refractivity contribution in [3.8, 4) is 34.2 Å². The van der Waals surface area contributed by atoms with E-state index in [9.17, 15) is 4.79 Å². The fourth-order valence-corrected chi connectivity index (χ4v) is 4.59. The highest BCUT2D eigenvalue weighted by atomic mass is 16.5. The van der Waals surface area contributed by atoms with Gasteiger partial charge >= 0.3 is 0 Å². The van der Waals surface area contributed by atoms with E-state index in [4.69, 9.17) is 19.3 Å². The predicted molar refractivity (Wildman–Crippen MR) is 143 cm³/mol. The van der Waals surface area contributed by atoms with E-state index in [1.54, 1.807) is 26.0 Å². The summed E-state index contributed by atoms with van der Waals surface area (Å²) in [6, 6.07) is 23.4. The van der Waals surface area contributed by atoms with Gasteiger partial charge in [0.25, 0.3) is 5.91 Å². The molecule has 4 aromatic rings. The van der Waals surface area contributed by atoms with E-state index in [-0.39, 0.29) is 5.91 Å². The third kappa shape index (κ3) is 4.95. The summed E-state index contributed by atoms with van der Waals surface area (Å²) in [5.74, 6) is 1.98. The number of rotatable bonds is 7. The van der Waals surface area contributed by atoms with Gasteiger partial charge in [-0.15, -0.1) is 0 Å². The lowest BCUT2D eigenvalue weighted by molar-refractivity contribution is 0.0747. The zero-order valence-electron chi connectivity index (χ0n) is 21.3. The van der Waals surface area contributed by atoms with Gasteiger partial charge in [0, 0.05) is 49.7 Å². The average Bonchev–Trinajstić information content (AvgIpc) is 3.42. The molecule has 0 spiro atoms. The van der Waals surface area contributed by atoms with E-state index < -0.39 is 0 Å². The number of aromatic nitrogens is 2. The molecule has 37 heavy (non-hydrogen) atoms. The Morgan fingerprint density at radius 2 is 1.49 bits per heavy atom. The van der Waals surface area contributed by atoms with Crippen LogP contribution < -0.4 is 19.1 Å². The van der Waals surface area contributed by atoms with E-state index in [0.717, 1.165) is 35.8 Å². The molecule has 1 aliphatic heterocycles. The van der Waals surface area contributed by atoms with Gasteiger partial charge in [-0.25, -0.2) is 4.68 Å². The lowest BCUT2D eigenvalue weighted by Crippen LogP contribution is -2.48. The second-order valence-corrected chi connectivity index (χ2v) is 8.72. The van der Waals surface area contributed by atoms with E-state index in [1.807, 2.05) is 77.8 Å². The summed E-state index contributed by atoms with van der Waals surface area (Å²) in [5.41, 5.74) is 3.90. The molecule has 0 saturated carbocycles. The normalized spacial score (nSPS) is 13.4. The van der Waals surface area contributed by atoms with Crippen molar-refractivity contribution in [3.63, 3.8) is 0 Å². The monoisotopic (exact) mass is 498 g/mol. The zero-order chi connectivity index (χ0) is 25.8. The van der Waals surface area contributed by atoms with Crippen LogP contribution in [0.15, 0.2) is 79.0 Å². The van der Waals surface area contributed by atoms with Crippen LogP contribution in [-0.4, -0.2) is 68.1 Å². The number of piperazine rings is 1. The summed E-state index contributed by atoms with van der Waals surface area (Å²) < 4.78 is 18.0. The molecule has 0 aliphatic carbocycles. The quantitative estimate of drug-likeness (QED) is 0.373. The zero-order valence-corrected chi connectivity index (χ0v) is 21.3. The molecular weight excluding hydrogens is 468 g/mol. The van der Waals surface area contributed by atoms with Gasteiger partial charge in [-0.3, -0.25) is 4.79 Å². The van der Waals surface area contributed by atoms with Crippen molar-refractivity contribution in [2.75, 3.05) is 52.4 Å². The number of para-hydroxylation sites is 1. The van der Waals surface area contributed by atoms with Crippen LogP contribution in [0.1, 0.15) is 10.4 Å². The summed E-state index contributed by atoms with van der Waals surface area (Å²) in [6.07, 6.45) is 1.82. The highest BCUT2D eigenvalue weighted by molar-refractivity contribution is 6.00. The van der Waals surface area contributed by atoms with Crippen molar-refractivity contribution in [2.45, 2.75) is 0 Å². The summed E-state index contributed by atoms with van der Waals surface area (Å²) in [7, 11) is 4.86. The van der Waals surface area contributed by atoms with E-state index in [0.29, 0.717) is 35.8 Å². The second kappa shape index (κ2) is 10.7. The first-order chi connectivity index (χ1) is 18.1. The Kier molecular flexibility index (Phi) is 6.98. The number of carbonyl (C=O) groups excluding carboxylic acids is 1. The summed E-state index contributed by atoms with van der Waals surface area (Å²) in [6.45, 7) is 2.69. The van der Waals surface area contributed by atoms with Gasteiger partial charge in [-0.05, 0) is 42.5 Å². The Morgan fingerprint density at radius 3 is 2.19 bits per heavy atom. The van der Waals surface area contributed by atoms with Crippen LogP contribution in [0.25, 0.3) is 16.9 Å². The molecule has 1 saturated heterocycles. The number of hydrogen-bond donors (Lipinski definition) is 0. The minimum atomic E-state index is -0.0442. The van der Waals surface area contributed by atoms with Crippen molar-refractivity contribution < 1.29 is 19.0 Å². The maximum Gasteiger partial charge on any atom is 0.257 e. The first-order valence-corrected chi connectivity index (χ1v) is 12.2. The van der Waals surface area contributed by atoms with Crippen molar-refractivity contribution >= 4 is 11.6 Å². The molecule has 8 heteroatoms. The van der Waals surface area contributed by atoms with Crippen LogP contribution in [0.5, 0.6) is 17.2 Å². The van der Waals surface area contributed by atoms with Gasteiger partial charge in [-0.2, -0.15) is 5.10 Å². The number of nitrogens with zero attached hydrogens (tertiary/aromatic N) is 4. The molecule has 0 atom stereocenters. The van der Waals surface area contributed by atoms with Gasteiger partial charge < -0.3 is 24.0 Å². The molecule has 0 N–H and O–H groups in total. The van der Waals surface area contributed by atoms with Crippen LogP contribution in [0.3, 0.4) is 0 Å². The molecule has 1 fully saturated rings. The van der Waals surface area contributed by atoms with Gasteiger partial charge in [0.05, 0.1) is 32.6 Å². The molecule has 1 aromatic heterocycles. The largest absolute Gasteiger partial charge is 0.497 e. The summed E-state index contributed by atoms with van der Waals surface area (Å²) >= 11 is 0. The predicted octanol–water partition coefficient (Wildman–Crippen LogP) is 4.53. The smallest absolute Gasteiger partial charge is 0.257 e. The van der Waals surface area contributed by atoms with Gasteiger partial charge in [0.1, 0.15) is 11.4 Å². The standard InChI is InChI=1S/C29H30N4O4/c1-35-24-11-7-10-23(19-24)31-14-16-32(17-15-31)29(34)25-20-33(22-8-5-4-6-9-22)30-28(25)21-12-13-26(36-2)27(18-21)37-3/h4-13,18-20H,14-17H2,1-3H3. The third-order valence-corrected chi connectivity index (χ3v) is 6.61. The first-order valence-electron chi connectivity index (χ1n) is 12.2. The molecule has 8 nitrogen and oxygen atoms in total. The number of benzene rings is 3. The molecule has 0 unspecified atom stereocenters. The lowest BCUT2D eigenvalue weighted by atomic mass is 10.1. The Morgan fingerprint density at radius 1 is 0.757 bits per heavy atom. The van der Waals surface area contributed by atoms with Crippen molar-refractivity contribution in [1.82, 2.24) is 14.7 Å². The number of carbonyl (C=O) groups is 1. The molecule has 1 amide bonds. The number of amides is 1. The lowest BCUT2D eigenvalue weighted by Gasteiger charge is -2.36. The van der Waals surface area contributed by atoms with Crippen molar-refractivity contribution in [3.05, 3.63) is 84.6 Å². The second-order valence-electron chi connectivity index (χ2n) is 8.72. The van der Waals surface area contributed by atoms with Crippen LogP contribution in [0, 0.1) is 0 Å². The molecule has 190 valence electrons. The van der Waals surface area contributed by atoms with Crippen LogP contribution in [0.4, 0.5) is 5.69 Å². The van der Waals surface area contributed by atoms with Gasteiger partial charge in [0.2, 0.25) is 0 Å². The number of methoxy groups -OCH3 is 3. The molecule has 0 bridgehead atoms. The number of ether oxygens (including phenoxy) is 3. The Hall–Kier alpha value is -4.46. The van der Waals surface area contributed by atoms with Gasteiger partial charge in [-0.1, -0.05) is 24.3 Å². The molecule has 0 radical (unpaired) electrons. The van der Waals surface area contributed by atoms with Gasteiger partial charge in [0.15, 0.2) is 11.5 Å². The first kappa shape index (κ1) is 24.2. The van der Waals surface area contributed by atoms with E-state index in [2.05, 4.69) is 11.0 Å². The topological polar surface area (TPSA) is 69.1 Å². The average molecular weight is 499 g/mol. The fraction of sp³-hybridized carbons (Fsp3) is 0.241. The molecular formula is C29H30N4O4. The van der Waals surface area contributed by atoms with Crippen LogP contribution >= 0.6 is 0 Å². The van der Waals surface area contributed by atoms with Crippen LogP contribution in [-0.2, 0) is 0 Å². The summed E-state index contributed by atoms with van der Waals surface area (Å²) in [5, 5.41) is 4.83. The Bertz CT molecular complexity index is 1380. The number of anilines is 1. The van der Waals surface area contributed by atoms with E-state index in [1.165, 1.54) is 0 Å². The molecule has 2 heterocycles. The summed E-state index contributed by atoms with van der Waals surface area (Å²) in [4.78, 5) is 18.0.